The van der Waals surface area contributed by atoms with Crippen LogP contribution in [0.15, 0.2) is 11.0 Å². The average Bonchev–Trinajstić information content (AvgIpc) is 2.53. The smallest absolute Gasteiger partial charge is 0.243 e. The Hall–Kier alpha value is 0.150. The van der Waals surface area contributed by atoms with Crippen LogP contribution in [0, 0.1) is 0 Å². The maximum atomic E-state index is 11.8. The van der Waals surface area contributed by atoms with Gasteiger partial charge in [-0.3, -0.25) is 0 Å². The number of likely N-dealkylation sites (N-methyl/N-ethyl adjacent to an activating group) is 1. The van der Waals surface area contributed by atoms with Crippen LogP contribution in [0.4, 0.5) is 0 Å². The Kier molecular flexibility index (Phi) is 5.49. The fourth-order valence-corrected chi connectivity index (χ4v) is 4.22. The van der Waals surface area contributed by atoms with Crippen molar-refractivity contribution >= 4 is 44.6 Å². The number of hydrogen-bond acceptors (Lipinski definition) is 4. The van der Waals surface area contributed by atoms with Crippen LogP contribution in [0.1, 0.15) is 6.92 Å². The second kappa shape index (κ2) is 6.18. The first-order chi connectivity index (χ1) is 7.47. The molecule has 0 radical (unpaired) electrons. The zero-order valence-corrected chi connectivity index (χ0v) is 11.7. The van der Waals surface area contributed by atoms with Crippen LogP contribution < -0.4 is 10.0 Å². The van der Waals surface area contributed by atoms with Crippen molar-refractivity contribution in [3.05, 3.63) is 14.7 Å². The number of sulfonamides is 1. The van der Waals surface area contributed by atoms with Gasteiger partial charge in [-0.2, -0.15) is 0 Å². The van der Waals surface area contributed by atoms with Crippen molar-refractivity contribution in [1.82, 2.24) is 10.0 Å². The van der Waals surface area contributed by atoms with Gasteiger partial charge in [0.25, 0.3) is 0 Å². The fraction of sp³-hybridized carbons (Fsp3) is 0.500. The third kappa shape index (κ3) is 3.87. The molecule has 8 heteroatoms. The van der Waals surface area contributed by atoms with Gasteiger partial charge in [0, 0.05) is 13.1 Å². The number of halogens is 2. The van der Waals surface area contributed by atoms with Crippen LogP contribution >= 0.6 is 34.5 Å². The summed E-state index contributed by atoms with van der Waals surface area (Å²) in [6, 6.07) is 1.35. The summed E-state index contributed by atoms with van der Waals surface area (Å²) in [7, 11) is -3.55. The standard InChI is InChI=1S/C8H12Cl2N2O2S2/c1-2-11-3-4-12-16(13,14)6-5-7(9)15-8(6)10/h5,11-12H,2-4H2,1H3. The zero-order chi connectivity index (χ0) is 12.2. The highest BCUT2D eigenvalue weighted by Crippen LogP contribution is 2.33. The van der Waals surface area contributed by atoms with Crippen molar-refractivity contribution in [2.75, 3.05) is 19.6 Å². The zero-order valence-electron chi connectivity index (χ0n) is 8.59. The molecule has 4 nitrogen and oxygen atoms in total. The van der Waals surface area contributed by atoms with Crippen LogP contribution in [0.25, 0.3) is 0 Å². The van der Waals surface area contributed by atoms with Crippen LogP contribution in [0.2, 0.25) is 8.67 Å². The molecule has 92 valence electrons. The molecule has 1 aromatic heterocycles. The van der Waals surface area contributed by atoms with E-state index in [1.165, 1.54) is 6.07 Å². The van der Waals surface area contributed by atoms with Crippen molar-refractivity contribution in [2.24, 2.45) is 0 Å². The van der Waals surface area contributed by atoms with Gasteiger partial charge >= 0.3 is 0 Å². The predicted molar refractivity (Wildman–Crippen MR) is 68.1 cm³/mol. The first-order valence-electron chi connectivity index (χ1n) is 4.62. The van der Waals surface area contributed by atoms with E-state index in [1.54, 1.807) is 0 Å². The van der Waals surface area contributed by atoms with Crippen molar-refractivity contribution in [2.45, 2.75) is 11.8 Å². The van der Waals surface area contributed by atoms with E-state index in [4.69, 9.17) is 23.2 Å². The lowest BCUT2D eigenvalue weighted by molar-refractivity contribution is 0.578. The molecule has 0 atom stereocenters. The SMILES string of the molecule is CCNCCNS(=O)(=O)c1cc(Cl)sc1Cl. The first kappa shape index (κ1) is 14.2. The normalized spacial score (nSPS) is 11.9. The van der Waals surface area contributed by atoms with E-state index in [9.17, 15) is 8.42 Å². The highest BCUT2D eigenvalue weighted by molar-refractivity contribution is 7.89. The Bertz CT molecular complexity index is 445. The van der Waals surface area contributed by atoms with E-state index < -0.39 is 10.0 Å². The lowest BCUT2D eigenvalue weighted by atomic mass is 10.6. The molecule has 0 aliphatic rings. The Morgan fingerprint density at radius 1 is 1.38 bits per heavy atom. The minimum atomic E-state index is -3.55. The largest absolute Gasteiger partial charge is 0.316 e. The van der Waals surface area contributed by atoms with Gasteiger partial charge in [-0.25, -0.2) is 13.1 Å². The highest BCUT2D eigenvalue weighted by atomic mass is 35.5. The van der Waals surface area contributed by atoms with Crippen molar-refractivity contribution in [3.8, 4) is 0 Å². The number of rotatable bonds is 6. The van der Waals surface area contributed by atoms with E-state index in [2.05, 4.69) is 10.0 Å². The minimum absolute atomic E-state index is 0.0423. The Balaban J connectivity index is 2.67. The van der Waals surface area contributed by atoms with Gasteiger partial charge in [0.2, 0.25) is 10.0 Å². The Morgan fingerprint density at radius 2 is 2.06 bits per heavy atom. The third-order valence-electron chi connectivity index (χ3n) is 1.76. The summed E-state index contributed by atoms with van der Waals surface area (Å²) in [6.07, 6.45) is 0. The van der Waals surface area contributed by atoms with Crippen molar-refractivity contribution in [3.63, 3.8) is 0 Å². The minimum Gasteiger partial charge on any atom is -0.316 e. The molecule has 0 aromatic carbocycles. The summed E-state index contributed by atoms with van der Waals surface area (Å²) in [5, 5.41) is 3.01. The molecule has 0 aliphatic heterocycles. The van der Waals surface area contributed by atoms with Crippen LogP contribution in [-0.2, 0) is 10.0 Å². The topological polar surface area (TPSA) is 58.2 Å². The van der Waals surface area contributed by atoms with Gasteiger partial charge in [0.05, 0.1) is 4.34 Å². The summed E-state index contributed by atoms with van der Waals surface area (Å²) in [5.41, 5.74) is 0. The molecular weight excluding hydrogens is 291 g/mol. The molecule has 0 bridgehead atoms. The molecule has 0 saturated heterocycles. The second-order valence-electron chi connectivity index (χ2n) is 2.94. The molecule has 1 aromatic rings. The van der Waals surface area contributed by atoms with Crippen LogP contribution in [0.5, 0.6) is 0 Å². The lowest BCUT2D eigenvalue weighted by Gasteiger charge is -2.05. The molecule has 0 fully saturated rings. The van der Waals surface area contributed by atoms with Crippen LogP contribution in [0.3, 0.4) is 0 Å². The predicted octanol–water partition coefficient (Wildman–Crippen LogP) is 1.94. The van der Waals surface area contributed by atoms with Crippen molar-refractivity contribution in [1.29, 1.82) is 0 Å². The Morgan fingerprint density at radius 3 is 2.56 bits per heavy atom. The van der Waals surface area contributed by atoms with Gasteiger partial charge in [-0.05, 0) is 12.6 Å². The molecule has 0 amide bonds. The maximum absolute atomic E-state index is 11.8. The summed E-state index contributed by atoms with van der Waals surface area (Å²) in [6.45, 7) is 3.64. The quantitative estimate of drug-likeness (QED) is 0.790. The van der Waals surface area contributed by atoms with E-state index in [-0.39, 0.29) is 9.23 Å². The van der Waals surface area contributed by atoms with Gasteiger partial charge in [-0.15, -0.1) is 11.3 Å². The summed E-state index contributed by atoms with van der Waals surface area (Å²) >= 11 is 12.5. The fourth-order valence-electron chi connectivity index (χ4n) is 1.04. The lowest BCUT2D eigenvalue weighted by Crippen LogP contribution is -2.31. The second-order valence-corrected chi connectivity index (χ2v) is 6.96. The average molecular weight is 303 g/mol. The molecule has 1 rings (SSSR count). The van der Waals surface area contributed by atoms with E-state index >= 15 is 0 Å². The molecule has 1 heterocycles. The highest BCUT2D eigenvalue weighted by Gasteiger charge is 2.20. The summed E-state index contributed by atoms with van der Waals surface area (Å²) < 4.78 is 26.5. The monoisotopic (exact) mass is 302 g/mol. The first-order valence-corrected chi connectivity index (χ1v) is 7.68. The van der Waals surface area contributed by atoms with Gasteiger partial charge in [0.1, 0.15) is 9.23 Å². The van der Waals surface area contributed by atoms with Crippen LogP contribution in [-0.4, -0.2) is 28.1 Å². The molecular formula is C8H12Cl2N2O2S2. The van der Waals surface area contributed by atoms with Gasteiger partial charge in [-0.1, -0.05) is 30.1 Å². The third-order valence-corrected chi connectivity index (χ3v) is 4.97. The van der Waals surface area contributed by atoms with Gasteiger partial charge < -0.3 is 5.32 Å². The molecule has 0 saturated carbocycles. The Labute approximate surface area is 109 Å². The summed E-state index contributed by atoms with van der Waals surface area (Å²) in [4.78, 5) is 0.0423. The van der Waals surface area contributed by atoms with Gasteiger partial charge in [0.15, 0.2) is 0 Å². The number of nitrogens with one attached hydrogen (secondary N) is 2. The molecule has 0 spiro atoms. The van der Waals surface area contributed by atoms with E-state index in [0.717, 1.165) is 17.9 Å². The maximum Gasteiger partial charge on any atom is 0.243 e. The summed E-state index contributed by atoms with van der Waals surface area (Å²) in [5.74, 6) is 0. The van der Waals surface area contributed by atoms with E-state index in [1.807, 2.05) is 6.92 Å². The molecule has 2 N–H and O–H groups in total. The number of thiophene rings is 1. The van der Waals surface area contributed by atoms with E-state index in [0.29, 0.717) is 17.4 Å². The van der Waals surface area contributed by atoms with Crippen molar-refractivity contribution < 1.29 is 8.42 Å². The molecule has 16 heavy (non-hydrogen) atoms. The molecule has 0 aliphatic carbocycles. The molecule has 0 unspecified atom stereocenters. The number of hydrogen-bond donors (Lipinski definition) is 2.